The second-order valence-corrected chi connectivity index (χ2v) is 6.56. The van der Waals surface area contributed by atoms with Gasteiger partial charge in [-0.05, 0) is 13.8 Å². The van der Waals surface area contributed by atoms with E-state index in [1.165, 1.54) is 21.6 Å². The lowest BCUT2D eigenvalue weighted by atomic mass is 10.7. The van der Waals surface area contributed by atoms with E-state index in [0.29, 0.717) is 52.9 Å². The van der Waals surface area contributed by atoms with Crippen LogP contribution in [-0.2, 0) is 18.9 Å². The monoisotopic (exact) mass is 328 g/mol. The minimum Gasteiger partial charge on any atom is -0.379 e. The van der Waals surface area contributed by atoms with Crippen molar-refractivity contribution in [2.75, 3.05) is 52.9 Å². The first kappa shape index (κ1) is 20.5. The fraction of sp³-hybridized carbons (Fsp3) is 1.00. The van der Waals surface area contributed by atoms with Gasteiger partial charge in [-0.3, -0.25) is 0 Å². The average molecular weight is 329 g/mol. The lowest BCUT2D eigenvalue weighted by Gasteiger charge is -2.15. The first-order valence-electron chi connectivity index (χ1n) is 6.84. The Labute approximate surface area is 130 Å². The van der Waals surface area contributed by atoms with Crippen LogP contribution >= 0.6 is 21.6 Å². The van der Waals surface area contributed by atoms with Crippen molar-refractivity contribution < 1.29 is 18.9 Å². The van der Waals surface area contributed by atoms with Crippen molar-refractivity contribution in [3.63, 3.8) is 0 Å². The van der Waals surface area contributed by atoms with Gasteiger partial charge in [0.05, 0.1) is 50.4 Å². The molecule has 0 aliphatic rings. The van der Waals surface area contributed by atoms with E-state index in [1.54, 1.807) is 0 Å². The fourth-order valence-electron chi connectivity index (χ4n) is 1.12. The largest absolute Gasteiger partial charge is 0.379 e. The summed E-state index contributed by atoms with van der Waals surface area (Å²) in [6, 6.07) is 0. The Balaban J connectivity index is 3.32. The maximum atomic E-state index is 5.89. The minimum absolute atomic E-state index is 0.101. The van der Waals surface area contributed by atoms with Gasteiger partial charge in [-0.15, -0.1) is 0 Å². The van der Waals surface area contributed by atoms with Crippen molar-refractivity contribution in [2.24, 2.45) is 11.5 Å². The molecule has 20 heavy (non-hydrogen) atoms. The van der Waals surface area contributed by atoms with Gasteiger partial charge in [0.1, 0.15) is 0 Å². The molecule has 0 rings (SSSR count). The molecule has 0 aromatic rings. The Bertz CT molecular complexity index is 184. The molecule has 0 heterocycles. The summed E-state index contributed by atoms with van der Waals surface area (Å²) in [6.07, 6.45) is 0. The lowest BCUT2D eigenvalue weighted by molar-refractivity contribution is 0.0536. The van der Waals surface area contributed by atoms with Crippen LogP contribution in [0.2, 0.25) is 0 Å². The molecule has 4 N–H and O–H groups in total. The highest BCUT2D eigenvalue weighted by Gasteiger charge is 2.09. The van der Waals surface area contributed by atoms with Gasteiger partial charge >= 0.3 is 0 Å². The summed E-state index contributed by atoms with van der Waals surface area (Å²) < 4.78 is 21.1. The van der Waals surface area contributed by atoms with E-state index in [2.05, 4.69) is 0 Å². The quantitative estimate of drug-likeness (QED) is 0.262. The maximum absolute atomic E-state index is 5.89. The van der Waals surface area contributed by atoms with Crippen molar-refractivity contribution in [1.29, 1.82) is 0 Å². The summed E-state index contributed by atoms with van der Waals surface area (Å²) in [6.45, 7) is 8.65. The Kier molecular flexibility index (Phi) is 16.2. The summed E-state index contributed by atoms with van der Waals surface area (Å²) >= 11 is 0. The van der Waals surface area contributed by atoms with Gasteiger partial charge in [-0.2, -0.15) is 0 Å². The molecule has 2 unspecified atom stereocenters. The van der Waals surface area contributed by atoms with Gasteiger partial charge < -0.3 is 30.4 Å². The number of hydrogen-bond acceptors (Lipinski definition) is 8. The molecule has 0 saturated heterocycles. The zero-order chi connectivity index (χ0) is 15.1. The van der Waals surface area contributed by atoms with Crippen molar-refractivity contribution >= 4 is 21.6 Å². The molecule has 0 radical (unpaired) electrons. The van der Waals surface area contributed by atoms with Crippen LogP contribution in [0.15, 0.2) is 0 Å². The average Bonchev–Trinajstić information content (AvgIpc) is 2.44. The maximum Gasteiger partial charge on any atom is 0.0849 e. The van der Waals surface area contributed by atoms with Crippen LogP contribution in [0.25, 0.3) is 0 Å². The van der Waals surface area contributed by atoms with Gasteiger partial charge in [-0.25, -0.2) is 0 Å². The minimum atomic E-state index is -0.101. The molecule has 0 bridgehead atoms. The Hall–Kier alpha value is 0.460. The first-order chi connectivity index (χ1) is 9.70. The van der Waals surface area contributed by atoms with E-state index in [4.69, 9.17) is 30.4 Å². The summed E-state index contributed by atoms with van der Waals surface area (Å²) in [5, 5.41) is -0.202. The molecule has 0 aliphatic heterocycles. The van der Waals surface area contributed by atoms with Crippen LogP contribution < -0.4 is 11.5 Å². The van der Waals surface area contributed by atoms with Crippen molar-refractivity contribution in [1.82, 2.24) is 0 Å². The summed E-state index contributed by atoms with van der Waals surface area (Å²) in [5.41, 5.74) is 11.8. The molecular formula is C12H28N2O4S2. The molecule has 0 amide bonds. The molecule has 0 saturated carbocycles. The van der Waals surface area contributed by atoms with Crippen LogP contribution in [0.1, 0.15) is 13.8 Å². The predicted molar refractivity (Wildman–Crippen MR) is 85.8 cm³/mol. The number of rotatable bonds is 15. The molecule has 2 atom stereocenters. The van der Waals surface area contributed by atoms with Gasteiger partial charge in [0, 0.05) is 13.2 Å². The van der Waals surface area contributed by atoms with Crippen LogP contribution in [0.3, 0.4) is 0 Å². The second-order valence-electron chi connectivity index (χ2n) is 3.81. The van der Waals surface area contributed by atoms with Crippen LogP contribution in [0, 0.1) is 0 Å². The van der Waals surface area contributed by atoms with E-state index in [-0.39, 0.29) is 10.7 Å². The van der Waals surface area contributed by atoms with E-state index in [0.717, 1.165) is 0 Å². The first-order valence-corrected chi connectivity index (χ1v) is 9.12. The topological polar surface area (TPSA) is 89.0 Å². The Morgan fingerprint density at radius 1 is 0.700 bits per heavy atom. The van der Waals surface area contributed by atoms with E-state index >= 15 is 0 Å². The third-order valence-electron chi connectivity index (χ3n) is 2.02. The molecule has 0 aliphatic carbocycles. The Morgan fingerprint density at radius 2 is 1.05 bits per heavy atom. The predicted octanol–water partition coefficient (Wildman–Crippen LogP) is 1.04. The highest BCUT2D eigenvalue weighted by molar-refractivity contribution is 8.77. The summed E-state index contributed by atoms with van der Waals surface area (Å²) in [4.78, 5) is 0. The number of nitrogens with two attached hydrogens (primary N) is 2. The molecule has 6 nitrogen and oxygen atoms in total. The van der Waals surface area contributed by atoms with Crippen LogP contribution in [0.4, 0.5) is 0 Å². The fourth-order valence-corrected chi connectivity index (χ4v) is 2.90. The highest BCUT2D eigenvalue weighted by atomic mass is 33.1. The Morgan fingerprint density at radius 3 is 1.40 bits per heavy atom. The SMILES string of the molecule is CCOCCOCC(N)SSC(N)COCCOCC. The molecule has 8 heteroatoms. The zero-order valence-electron chi connectivity index (χ0n) is 12.4. The van der Waals surface area contributed by atoms with E-state index in [9.17, 15) is 0 Å². The van der Waals surface area contributed by atoms with Gasteiger partial charge in [0.2, 0.25) is 0 Å². The molecule has 0 spiro atoms. The third-order valence-corrected chi connectivity index (χ3v) is 4.71. The number of hydrogen-bond donors (Lipinski definition) is 2. The summed E-state index contributed by atoms with van der Waals surface area (Å²) in [5.74, 6) is 0. The van der Waals surface area contributed by atoms with E-state index in [1.807, 2.05) is 13.8 Å². The van der Waals surface area contributed by atoms with Crippen molar-refractivity contribution in [3.8, 4) is 0 Å². The van der Waals surface area contributed by atoms with E-state index < -0.39 is 0 Å². The van der Waals surface area contributed by atoms with Crippen molar-refractivity contribution in [2.45, 2.75) is 24.6 Å². The van der Waals surface area contributed by atoms with Crippen molar-refractivity contribution in [3.05, 3.63) is 0 Å². The smallest absolute Gasteiger partial charge is 0.0849 e. The van der Waals surface area contributed by atoms with Crippen LogP contribution in [0.5, 0.6) is 0 Å². The lowest BCUT2D eigenvalue weighted by Crippen LogP contribution is -2.26. The summed E-state index contributed by atoms with van der Waals surface area (Å²) in [7, 11) is 3.02. The zero-order valence-corrected chi connectivity index (χ0v) is 14.0. The van der Waals surface area contributed by atoms with Crippen LogP contribution in [-0.4, -0.2) is 63.6 Å². The standard InChI is InChI=1S/C12H28N2O4S2/c1-3-15-5-7-17-9-11(13)19-20-12(14)10-18-8-6-16-4-2/h11-12H,3-10,13-14H2,1-2H3. The molecule has 122 valence electrons. The highest BCUT2D eigenvalue weighted by Crippen LogP contribution is 2.26. The molecular weight excluding hydrogens is 300 g/mol. The molecule has 0 fully saturated rings. The number of ether oxygens (including phenoxy) is 4. The second kappa shape index (κ2) is 15.8. The third kappa shape index (κ3) is 14.9. The molecule has 0 aromatic carbocycles. The normalized spacial score (nSPS) is 14.4. The van der Waals surface area contributed by atoms with Gasteiger partial charge in [-0.1, -0.05) is 21.6 Å². The molecule has 0 aromatic heterocycles. The van der Waals surface area contributed by atoms with Gasteiger partial charge in [0.25, 0.3) is 0 Å². The van der Waals surface area contributed by atoms with Gasteiger partial charge in [0.15, 0.2) is 0 Å².